The summed E-state index contributed by atoms with van der Waals surface area (Å²) >= 11 is 0. The van der Waals surface area contributed by atoms with E-state index in [0.29, 0.717) is 23.9 Å². The molecule has 0 amide bonds. The minimum Gasteiger partial charge on any atom is -0.756 e. The molecule has 0 saturated heterocycles. The van der Waals surface area contributed by atoms with E-state index < -0.39 is 32.5 Å². The average molecular weight is 1080 g/mol. The second-order valence-corrected chi connectivity index (χ2v) is 22.7. The zero-order valence-electron chi connectivity index (χ0n) is 49.4. The number of esters is 2. The molecule has 0 heterocycles. The van der Waals surface area contributed by atoms with Crippen LogP contribution in [0, 0.1) is 0 Å². The van der Waals surface area contributed by atoms with Crippen molar-refractivity contribution in [2.24, 2.45) is 0 Å². The molecular formula is C66H114NO8P. The molecule has 0 spiro atoms. The fourth-order valence-electron chi connectivity index (χ4n) is 8.15. The highest BCUT2D eigenvalue weighted by Gasteiger charge is 2.22. The molecule has 10 heteroatoms. The number of unbranched alkanes of at least 4 members (excludes halogenated alkanes) is 23. The van der Waals surface area contributed by atoms with Crippen molar-refractivity contribution in [2.45, 2.75) is 251 Å². The second-order valence-electron chi connectivity index (χ2n) is 21.3. The molecule has 0 aromatic carbocycles. The van der Waals surface area contributed by atoms with Crippen molar-refractivity contribution >= 4 is 19.8 Å². The molecular weight excluding hydrogens is 966 g/mol. The largest absolute Gasteiger partial charge is 0.756 e. The van der Waals surface area contributed by atoms with Gasteiger partial charge in [0.25, 0.3) is 7.82 Å². The first kappa shape index (κ1) is 72.7. The van der Waals surface area contributed by atoms with E-state index >= 15 is 0 Å². The van der Waals surface area contributed by atoms with Crippen LogP contribution in [0.5, 0.6) is 0 Å². The molecule has 2 atom stereocenters. The molecule has 0 aliphatic carbocycles. The minimum absolute atomic E-state index is 0.0408. The normalized spacial score (nSPS) is 14.0. The summed E-state index contributed by atoms with van der Waals surface area (Å²) in [5.74, 6) is -0.881. The van der Waals surface area contributed by atoms with Gasteiger partial charge in [-0.2, -0.15) is 0 Å². The number of nitrogens with zero attached hydrogens (tertiary/aromatic N) is 1. The summed E-state index contributed by atoms with van der Waals surface area (Å²) < 4.78 is 34.1. The Hall–Kier alpha value is -3.33. The van der Waals surface area contributed by atoms with E-state index in [1.807, 2.05) is 21.1 Å². The molecule has 0 aromatic rings. The molecule has 0 bridgehead atoms. The fourth-order valence-corrected chi connectivity index (χ4v) is 8.87. The number of ether oxygens (including phenoxy) is 2. The molecule has 0 aromatic heterocycles. The van der Waals surface area contributed by atoms with Gasteiger partial charge < -0.3 is 27.9 Å². The number of phosphoric ester groups is 1. The van der Waals surface area contributed by atoms with E-state index in [2.05, 4.69) is 123 Å². The lowest BCUT2D eigenvalue weighted by Crippen LogP contribution is -2.37. The molecule has 0 aliphatic heterocycles. The molecule has 0 N–H and O–H groups in total. The number of carbonyl (C=O) groups is 2. The third kappa shape index (κ3) is 59.9. The molecule has 0 aliphatic rings. The van der Waals surface area contributed by atoms with E-state index in [1.54, 1.807) is 0 Å². The van der Waals surface area contributed by atoms with Crippen LogP contribution in [0.25, 0.3) is 0 Å². The molecule has 0 saturated carbocycles. The maximum absolute atomic E-state index is 12.8. The van der Waals surface area contributed by atoms with Gasteiger partial charge in [0, 0.05) is 12.8 Å². The zero-order valence-corrected chi connectivity index (χ0v) is 50.3. The van der Waals surface area contributed by atoms with Crippen LogP contribution >= 0.6 is 7.82 Å². The van der Waals surface area contributed by atoms with Crippen molar-refractivity contribution in [2.75, 3.05) is 47.5 Å². The van der Waals surface area contributed by atoms with Gasteiger partial charge in [0.15, 0.2) is 6.10 Å². The molecule has 436 valence electrons. The number of quaternary nitrogens is 1. The van der Waals surface area contributed by atoms with E-state index in [9.17, 15) is 19.0 Å². The van der Waals surface area contributed by atoms with Crippen molar-refractivity contribution in [3.63, 3.8) is 0 Å². The molecule has 0 rings (SSSR count). The van der Waals surface area contributed by atoms with Crippen molar-refractivity contribution in [3.05, 3.63) is 109 Å². The molecule has 76 heavy (non-hydrogen) atoms. The van der Waals surface area contributed by atoms with Gasteiger partial charge in [0.1, 0.15) is 19.8 Å². The summed E-state index contributed by atoms with van der Waals surface area (Å²) in [6.07, 6.45) is 78.9. The predicted molar refractivity (Wildman–Crippen MR) is 323 cm³/mol. The van der Waals surface area contributed by atoms with Crippen molar-refractivity contribution in [1.82, 2.24) is 0 Å². The zero-order chi connectivity index (χ0) is 55.6. The monoisotopic (exact) mass is 1080 g/mol. The lowest BCUT2D eigenvalue weighted by molar-refractivity contribution is -0.870. The Morgan fingerprint density at radius 2 is 0.711 bits per heavy atom. The van der Waals surface area contributed by atoms with E-state index in [-0.39, 0.29) is 26.1 Å². The Kier molecular flexibility index (Phi) is 53.9. The van der Waals surface area contributed by atoms with Gasteiger partial charge in [-0.05, 0) is 96.3 Å². The summed E-state index contributed by atoms with van der Waals surface area (Å²) in [7, 11) is 1.14. The first-order valence-electron chi connectivity index (χ1n) is 30.6. The number of hydrogen-bond acceptors (Lipinski definition) is 8. The predicted octanol–water partition coefficient (Wildman–Crippen LogP) is 18.7. The molecule has 0 radical (unpaired) electrons. The number of rotatable bonds is 55. The molecule has 0 fully saturated rings. The average Bonchev–Trinajstić information content (AvgIpc) is 3.38. The van der Waals surface area contributed by atoms with Gasteiger partial charge in [-0.1, -0.05) is 245 Å². The van der Waals surface area contributed by atoms with Crippen molar-refractivity contribution < 1.29 is 42.1 Å². The third-order valence-electron chi connectivity index (χ3n) is 12.8. The van der Waals surface area contributed by atoms with Gasteiger partial charge in [0.05, 0.1) is 27.7 Å². The van der Waals surface area contributed by atoms with Crippen molar-refractivity contribution in [3.8, 4) is 0 Å². The number of hydrogen-bond donors (Lipinski definition) is 0. The van der Waals surface area contributed by atoms with Gasteiger partial charge >= 0.3 is 11.9 Å². The van der Waals surface area contributed by atoms with Crippen LogP contribution in [-0.4, -0.2) is 70.0 Å². The van der Waals surface area contributed by atoms with Gasteiger partial charge in [0.2, 0.25) is 0 Å². The Bertz CT molecular complexity index is 1650. The fraction of sp³-hybridized carbons (Fsp3) is 0.697. The Balaban J connectivity index is 4.01. The molecule has 9 nitrogen and oxygen atoms in total. The van der Waals surface area contributed by atoms with Crippen LogP contribution in [0.4, 0.5) is 0 Å². The standard InChI is InChI=1S/C66H114NO8P/c1-6-8-10-12-14-16-18-20-22-23-24-25-26-27-28-29-30-31-32-33-34-35-36-37-38-39-40-41-42-43-45-47-49-51-53-55-57-59-66(69)75-64(63-74-76(70,71)73-61-60-67(3,4)5)62-72-65(68)58-56-54-52-50-48-46-44-21-19-17-15-13-11-9-7-2/h8-11,14-17,20-22,24-25,27-28,44,48,50,64H,6-7,12-13,18-19,23,26,29-43,45-47,49,51-63H2,1-5H3/b10-8-,11-9-,16-14-,17-15-,22-20-,25-24-,28-27-,44-21-,50-48-. The first-order valence-corrected chi connectivity index (χ1v) is 32.1. The van der Waals surface area contributed by atoms with Gasteiger partial charge in [-0.25, -0.2) is 0 Å². The summed E-state index contributed by atoms with van der Waals surface area (Å²) in [6, 6.07) is 0. The number of likely N-dealkylation sites (N-methyl/N-ethyl adjacent to an activating group) is 1. The minimum atomic E-state index is -4.65. The third-order valence-corrected chi connectivity index (χ3v) is 13.8. The Morgan fingerprint density at radius 1 is 0.408 bits per heavy atom. The van der Waals surface area contributed by atoms with Gasteiger partial charge in [-0.15, -0.1) is 0 Å². The summed E-state index contributed by atoms with van der Waals surface area (Å²) in [5, 5.41) is 0. The van der Waals surface area contributed by atoms with Crippen LogP contribution < -0.4 is 4.89 Å². The Labute approximate surface area is 467 Å². The van der Waals surface area contributed by atoms with E-state index in [4.69, 9.17) is 18.5 Å². The van der Waals surface area contributed by atoms with Crippen LogP contribution in [0.2, 0.25) is 0 Å². The van der Waals surface area contributed by atoms with Crippen LogP contribution in [0.15, 0.2) is 109 Å². The number of phosphoric acid groups is 1. The van der Waals surface area contributed by atoms with E-state index in [1.165, 1.54) is 116 Å². The summed E-state index contributed by atoms with van der Waals surface area (Å²) in [6.45, 7) is 3.96. The second kappa shape index (κ2) is 56.4. The summed E-state index contributed by atoms with van der Waals surface area (Å²) in [5.41, 5.74) is 0. The SMILES string of the molecule is CC/C=C\C/C=C\C/C=C\C/C=C\C/C=C\CCCCCCCCCCCCCCCCCCCCCCCC(=O)OC(COC(=O)CCCC/C=C\C/C=C\C/C=C\C/C=C\CC)COP(=O)([O-])OCC[N+](C)(C)C. The maximum Gasteiger partial charge on any atom is 0.306 e. The van der Waals surface area contributed by atoms with Crippen LogP contribution in [-0.2, 0) is 32.7 Å². The van der Waals surface area contributed by atoms with Crippen LogP contribution in [0.3, 0.4) is 0 Å². The quantitative estimate of drug-likeness (QED) is 0.0195. The first-order chi connectivity index (χ1) is 37.0. The molecule has 2 unspecified atom stereocenters. The lowest BCUT2D eigenvalue weighted by Gasteiger charge is -2.28. The van der Waals surface area contributed by atoms with Crippen molar-refractivity contribution in [1.29, 1.82) is 0 Å². The smallest absolute Gasteiger partial charge is 0.306 e. The highest BCUT2D eigenvalue weighted by Crippen LogP contribution is 2.38. The highest BCUT2D eigenvalue weighted by atomic mass is 31.2. The highest BCUT2D eigenvalue weighted by molar-refractivity contribution is 7.45. The van der Waals surface area contributed by atoms with E-state index in [0.717, 1.165) is 89.9 Å². The number of carbonyl (C=O) groups excluding carboxylic acids is 2. The lowest BCUT2D eigenvalue weighted by atomic mass is 10.0. The topological polar surface area (TPSA) is 111 Å². The van der Waals surface area contributed by atoms with Gasteiger partial charge in [-0.3, -0.25) is 14.2 Å². The van der Waals surface area contributed by atoms with Crippen LogP contribution in [0.1, 0.15) is 245 Å². The number of allylic oxidation sites excluding steroid dienone is 18. The summed E-state index contributed by atoms with van der Waals surface area (Å²) in [4.78, 5) is 37.8. The maximum atomic E-state index is 12.8. The Morgan fingerprint density at radius 3 is 1.08 bits per heavy atom.